The summed E-state index contributed by atoms with van der Waals surface area (Å²) in [5, 5.41) is 3.48. The van der Waals surface area contributed by atoms with Crippen LogP contribution in [-0.2, 0) is 4.79 Å². The van der Waals surface area contributed by atoms with E-state index in [1.165, 1.54) is 63.6 Å². The van der Waals surface area contributed by atoms with Gasteiger partial charge in [0.25, 0.3) is 0 Å². The summed E-state index contributed by atoms with van der Waals surface area (Å²) >= 11 is 0. The number of hydrogen-bond donors (Lipinski definition) is 1. The van der Waals surface area contributed by atoms with Crippen LogP contribution in [0.5, 0.6) is 0 Å². The van der Waals surface area contributed by atoms with E-state index >= 15 is 0 Å². The number of ketones is 1. The summed E-state index contributed by atoms with van der Waals surface area (Å²) < 4.78 is 0. The smallest absolute Gasteiger partial charge is 0.139 e. The van der Waals surface area contributed by atoms with Crippen LogP contribution < -0.4 is 5.32 Å². The van der Waals surface area contributed by atoms with Crippen molar-refractivity contribution in [1.82, 2.24) is 5.32 Å². The second-order valence-electron chi connectivity index (χ2n) is 11.7. The molecule has 0 aromatic rings. The van der Waals surface area contributed by atoms with Crippen molar-refractivity contribution in [3.8, 4) is 0 Å². The van der Waals surface area contributed by atoms with E-state index in [1.54, 1.807) is 0 Å². The van der Waals surface area contributed by atoms with Crippen LogP contribution in [-0.4, -0.2) is 18.9 Å². The number of carbonyl (C=O) groups excluding carboxylic acids is 1. The van der Waals surface area contributed by atoms with E-state index in [1.807, 2.05) is 0 Å². The minimum atomic E-state index is -0.0396. The zero-order valence-electron chi connectivity index (χ0n) is 18.7. The van der Waals surface area contributed by atoms with Crippen LogP contribution in [0, 0.1) is 46.3 Å². The molecule has 7 atom stereocenters. The van der Waals surface area contributed by atoms with Gasteiger partial charge in [-0.15, -0.1) is 0 Å². The monoisotopic (exact) mass is 395 g/mol. The first-order valence-electron chi connectivity index (χ1n) is 12.5. The highest BCUT2D eigenvalue weighted by atomic mass is 16.1. The normalized spacial score (nSPS) is 48.4. The fourth-order valence-electron chi connectivity index (χ4n) is 8.46. The molecule has 0 radical (unpaired) electrons. The van der Waals surface area contributed by atoms with Gasteiger partial charge in [0.1, 0.15) is 5.78 Å². The van der Waals surface area contributed by atoms with Crippen LogP contribution in [0.2, 0.25) is 0 Å². The molecule has 0 amide bonds. The molecule has 0 bridgehead atoms. The quantitative estimate of drug-likeness (QED) is 0.587. The summed E-state index contributed by atoms with van der Waals surface area (Å²) in [5.41, 5.74) is 1.94. The summed E-state index contributed by atoms with van der Waals surface area (Å²) in [4.78, 5) is 12.7. The van der Waals surface area contributed by atoms with Crippen molar-refractivity contribution in [3.05, 3.63) is 24.3 Å². The summed E-state index contributed by atoms with van der Waals surface area (Å²) in [6, 6.07) is 0. The van der Waals surface area contributed by atoms with Crippen molar-refractivity contribution in [2.24, 2.45) is 46.3 Å². The molecule has 0 spiro atoms. The fraction of sp³-hybridized carbons (Fsp3) is 0.815. The fourth-order valence-corrected chi connectivity index (χ4v) is 8.46. The Morgan fingerprint density at radius 2 is 1.72 bits per heavy atom. The second kappa shape index (κ2) is 7.36. The van der Waals surface area contributed by atoms with Crippen molar-refractivity contribution in [3.63, 3.8) is 0 Å². The van der Waals surface area contributed by atoms with Gasteiger partial charge < -0.3 is 5.32 Å². The van der Waals surface area contributed by atoms with Crippen LogP contribution in [0.4, 0.5) is 0 Å². The van der Waals surface area contributed by atoms with Crippen LogP contribution in [0.25, 0.3) is 0 Å². The summed E-state index contributed by atoms with van der Waals surface area (Å²) in [6.45, 7) is 11.9. The van der Waals surface area contributed by atoms with Gasteiger partial charge >= 0.3 is 0 Å². The Morgan fingerprint density at radius 3 is 2.52 bits per heavy atom. The average Bonchev–Trinajstić information content (AvgIpc) is 3.03. The first-order chi connectivity index (χ1) is 13.9. The molecular formula is C27H41NO. The van der Waals surface area contributed by atoms with Crippen LogP contribution in [0.15, 0.2) is 24.3 Å². The maximum atomic E-state index is 12.7. The molecule has 1 N–H and O–H groups in total. The van der Waals surface area contributed by atoms with E-state index in [4.69, 9.17) is 0 Å². The molecule has 160 valence electrons. The number of Topliss-reactive ketones (excluding diaryl/α,β-unsaturated/α-hetero) is 1. The van der Waals surface area contributed by atoms with E-state index in [2.05, 4.69) is 37.9 Å². The van der Waals surface area contributed by atoms with Crippen LogP contribution in [0.1, 0.15) is 78.1 Å². The molecule has 0 aromatic carbocycles. The number of piperidine rings is 1. The Bertz CT molecular complexity index is 703. The van der Waals surface area contributed by atoms with Gasteiger partial charge in [0.05, 0.1) is 0 Å². The Labute approximate surface area is 178 Å². The molecule has 2 nitrogen and oxygen atoms in total. The third kappa shape index (κ3) is 3.20. The molecule has 5 rings (SSSR count). The molecule has 1 heterocycles. The Hall–Kier alpha value is -0.890. The Kier molecular flexibility index (Phi) is 5.09. The summed E-state index contributed by atoms with van der Waals surface area (Å²) in [7, 11) is 0. The molecule has 5 aliphatic rings. The lowest BCUT2D eigenvalue weighted by molar-refractivity contribution is -0.134. The number of allylic oxidation sites excluding steroid dienone is 3. The van der Waals surface area contributed by atoms with Gasteiger partial charge in [-0.1, -0.05) is 38.2 Å². The molecular weight excluding hydrogens is 354 g/mol. The third-order valence-electron chi connectivity index (χ3n) is 10.4. The highest BCUT2D eigenvalue weighted by molar-refractivity contribution is 5.87. The number of hydrogen-bond acceptors (Lipinski definition) is 2. The molecule has 2 heteroatoms. The van der Waals surface area contributed by atoms with Crippen molar-refractivity contribution in [2.75, 3.05) is 13.1 Å². The van der Waals surface area contributed by atoms with Crippen molar-refractivity contribution in [1.29, 1.82) is 0 Å². The topological polar surface area (TPSA) is 29.1 Å². The number of fused-ring (bicyclic) bond motifs is 5. The summed E-state index contributed by atoms with van der Waals surface area (Å²) in [5.74, 6) is 4.88. The van der Waals surface area contributed by atoms with Crippen molar-refractivity contribution in [2.45, 2.75) is 78.1 Å². The SMILES string of the molecule is C=C1CC2C[C@H](/C=C\C3CCNCC3)CC[C@]2(C)[C@H]2CC[C@]3(C)C(=O)CC[C@H]3[C@H]12. The maximum Gasteiger partial charge on any atom is 0.139 e. The first-order valence-corrected chi connectivity index (χ1v) is 12.5. The Morgan fingerprint density at radius 1 is 0.966 bits per heavy atom. The molecule has 1 unspecified atom stereocenters. The predicted molar refractivity (Wildman–Crippen MR) is 119 cm³/mol. The predicted octanol–water partition coefficient (Wildman–Crippen LogP) is 5.94. The zero-order valence-corrected chi connectivity index (χ0v) is 18.7. The first kappa shape index (κ1) is 20.0. The minimum Gasteiger partial charge on any atom is -0.317 e. The molecule has 29 heavy (non-hydrogen) atoms. The molecule has 4 saturated carbocycles. The van der Waals surface area contributed by atoms with Crippen LogP contribution in [0.3, 0.4) is 0 Å². The van der Waals surface area contributed by atoms with Crippen molar-refractivity contribution < 1.29 is 4.79 Å². The molecule has 5 fully saturated rings. The van der Waals surface area contributed by atoms with Gasteiger partial charge in [-0.2, -0.15) is 0 Å². The van der Waals surface area contributed by atoms with Crippen LogP contribution >= 0.6 is 0 Å². The number of nitrogens with one attached hydrogen (secondary N) is 1. The van der Waals surface area contributed by atoms with Gasteiger partial charge in [0, 0.05) is 11.8 Å². The molecule has 1 aliphatic heterocycles. The molecule has 0 aromatic heterocycles. The van der Waals surface area contributed by atoms with Gasteiger partial charge in [-0.05, 0) is 112 Å². The summed E-state index contributed by atoms with van der Waals surface area (Å²) in [6.07, 6.45) is 17.4. The zero-order chi connectivity index (χ0) is 20.2. The van der Waals surface area contributed by atoms with E-state index in [0.717, 1.165) is 42.9 Å². The Balaban J connectivity index is 1.32. The third-order valence-corrected chi connectivity index (χ3v) is 10.4. The van der Waals surface area contributed by atoms with E-state index < -0.39 is 0 Å². The largest absolute Gasteiger partial charge is 0.317 e. The maximum absolute atomic E-state index is 12.7. The molecule has 4 aliphatic carbocycles. The molecule has 1 saturated heterocycles. The minimum absolute atomic E-state index is 0.0396. The number of rotatable bonds is 2. The average molecular weight is 396 g/mol. The highest BCUT2D eigenvalue weighted by Gasteiger charge is 2.61. The van der Waals surface area contributed by atoms with Gasteiger partial charge in [0.15, 0.2) is 0 Å². The van der Waals surface area contributed by atoms with E-state index in [-0.39, 0.29) is 5.41 Å². The van der Waals surface area contributed by atoms with E-state index in [0.29, 0.717) is 23.0 Å². The second-order valence-corrected chi connectivity index (χ2v) is 11.7. The van der Waals surface area contributed by atoms with Crippen molar-refractivity contribution >= 4 is 5.78 Å². The lowest BCUT2D eigenvalue weighted by atomic mass is 9.44. The highest BCUT2D eigenvalue weighted by Crippen LogP contribution is 2.67. The van der Waals surface area contributed by atoms with Gasteiger partial charge in [0.2, 0.25) is 0 Å². The van der Waals surface area contributed by atoms with Gasteiger partial charge in [-0.3, -0.25) is 4.79 Å². The lowest BCUT2D eigenvalue weighted by Gasteiger charge is -2.61. The number of carbonyl (C=O) groups is 1. The standard InChI is InChI=1S/C27H41NO/c1-18-16-21-17-20(5-4-19-10-14-28-15-11-19)8-12-26(21,2)23-9-13-27(3)22(25(18)23)6-7-24(27)29/h4-5,19-23,25,28H,1,6-17H2,2-3H3/b5-4-/t20-,21?,22+,23+,25+,26+,27+/m1/s1. The van der Waals surface area contributed by atoms with Gasteiger partial charge in [-0.25, -0.2) is 0 Å². The lowest BCUT2D eigenvalue weighted by Crippen LogP contribution is -2.54. The van der Waals surface area contributed by atoms with E-state index in [9.17, 15) is 4.79 Å².